The fourth-order valence-corrected chi connectivity index (χ4v) is 3.46. The van der Waals surface area contributed by atoms with Gasteiger partial charge in [0.15, 0.2) is 0 Å². The molecule has 0 aliphatic carbocycles. The second-order valence-electron chi connectivity index (χ2n) is 8.16. The van der Waals surface area contributed by atoms with Crippen LogP contribution < -0.4 is 15.5 Å². The van der Waals surface area contributed by atoms with E-state index in [1.807, 2.05) is 0 Å². The number of hydrogen-bond donors (Lipinski definition) is 3. The first kappa shape index (κ1) is 25.4. The van der Waals surface area contributed by atoms with E-state index in [-0.39, 0.29) is 24.6 Å². The molecule has 3 rings (SSSR count). The summed E-state index contributed by atoms with van der Waals surface area (Å²) in [5, 5.41) is 15.1. The fraction of sp³-hybridized carbons (Fsp3) is 0.231. The topological polar surface area (TPSA) is 112 Å². The van der Waals surface area contributed by atoms with Crippen molar-refractivity contribution >= 4 is 29.2 Å². The number of amides is 3. The third kappa shape index (κ3) is 7.10. The van der Waals surface area contributed by atoms with Crippen LogP contribution in [0.25, 0.3) is 0 Å². The molecule has 1 aromatic heterocycles. The molecule has 0 aliphatic rings. The van der Waals surface area contributed by atoms with Crippen molar-refractivity contribution in [2.75, 3.05) is 10.2 Å². The first-order valence-electron chi connectivity index (χ1n) is 11.1. The zero-order valence-electron chi connectivity index (χ0n) is 19.4. The molecule has 3 amide bonds. The largest absolute Gasteiger partial charge is 0.508 e. The predicted octanol–water partition coefficient (Wildman–Crippen LogP) is 3.94. The lowest BCUT2D eigenvalue weighted by Gasteiger charge is -2.32. The Morgan fingerprint density at radius 3 is 2.26 bits per heavy atom. The molecule has 0 saturated heterocycles. The number of rotatable bonds is 9. The Labute approximate surface area is 202 Å². The molecule has 0 bridgehead atoms. The van der Waals surface area contributed by atoms with Crippen LogP contribution in [-0.4, -0.2) is 33.9 Å². The molecular formula is C26H27FN4O4. The lowest BCUT2D eigenvalue weighted by Crippen LogP contribution is -2.46. The molecule has 0 radical (unpaired) electrons. The van der Waals surface area contributed by atoms with E-state index in [1.165, 1.54) is 59.6 Å². The molecule has 0 saturated carbocycles. The lowest BCUT2D eigenvalue weighted by atomic mass is 10.0. The second-order valence-corrected chi connectivity index (χ2v) is 8.16. The van der Waals surface area contributed by atoms with Crippen LogP contribution in [0.2, 0.25) is 0 Å². The first-order valence-corrected chi connectivity index (χ1v) is 11.1. The molecule has 9 heteroatoms. The summed E-state index contributed by atoms with van der Waals surface area (Å²) in [5.74, 6) is -1.51. The minimum atomic E-state index is -1.12. The number of halogens is 1. The van der Waals surface area contributed by atoms with Gasteiger partial charge in [-0.05, 0) is 67.9 Å². The Morgan fingerprint density at radius 1 is 0.971 bits per heavy atom. The number of carbonyl (C=O) groups is 3. The van der Waals surface area contributed by atoms with E-state index < -0.39 is 29.6 Å². The van der Waals surface area contributed by atoms with E-state index in [0.717, 1.165) is 0 Å². The summed E-state index contributed by atoms with van der Waals surface area (Å²) in [6.07, 6.45) is 1.17. The highest BCUT2D eigenvalue weighted by Gasteiger charge is 2.33. The molecular weight excluding hydrogens is 451 g/mol. The van der Waals surface area contributed by atoms with Gasteiger partial charge in [0.05, 0.1) is 0 Å². The Morgan fingerprint density at radius 2 is 1.66 bits per heavy atom. The Hall–Kier alpha value is -4.27. The quantitative estimate of drug-likeness (QED) is 0.431. The number of phenolic OH excluding ortho intramolecular Hbond substituents is 1. The van der Waals surface area contributed by atoms with Gasteiger partial charge in [-0.1, -0.05) is 18.2 Å². The third-order valence-electron chi connectivity index (χ3n) is 5.02. The van der Waals surface area contributed by atoms with Crippen molar-refractivity contribution in [1.82, 2.24) is 10.3 Å². The Kier molecular flexibility index (Phi) is 8.50. The number of carbonyl (C=O) groups excluding carboxylic acids is 3. The van der Waals surface area contributed by atoms with Crippen molar-refractivity contribution < 1.29 is 23.9 Å². The van der Waals surface area contributed by atoms with Gasteiger partial charge in [-0.15, -0.1) is 0 Å². The standard InChI is InChI=1S/C26H27FN4O4/c1-17(2)29-26(35)25(18-6-12-21(32)13-7-18)31(20-10-8-19(27)9-11-20)24(34)15-14-23(33)30-22-5-3-4-16-28-22/h3-13,16-17,25,32H,14-15H2,1-2H3,(H,29,35)(H,28,30,33)/t25-/m1/s1. The summed E-state index contributed by atoms with van der Waals surface area (Å²) >= 11 is 0. The molecule has 0 spiro atoms. The Bertz CT molecular complexity index is 1150. The molecule has 35 heavy (non-hydrogen) atoms. The summed E-state index contributed by atoms with van der Waals surface area (Å²) < 4.78 is 13.6. The van der Waals surface area contributed by atoms with Crippen LogP contribution >= 0.6 is 0 Å². The molecule has 1 atom stereocenters. The maximum Gasteiger partial charge on any atom is 0.248 e. The number of anilines is 2. The highest BCUT2D eigenvalue weighted by atomic mass is 19.1. The molecule has 3 aromatic rings. The zero-order valence-corrected chi connectivity index (χ0v) is 19.4. The molecule has 3 N–H and O–H groups in total. The predicted molar refractivity (Wildman–Crippen MR) is 130 cm³/mol. The Balaban J connectivity index is 1.92. The first-order chi connectivity index (χ1) is 16.7. The molecule has 0 unspecified atom stereocenters. The molecule has 1 heterocycles. The van der Waals surface area contributed by atoms with Crippen molar-refractivity contribution in [1.29, 1.82) is 0 Å². The van der Waals surface area contributed by atoms with Crippen LogP contribution in [0.1, 0.15) is 38.3 Å². The van der Waals surface area contributed by atoms with Crippen molar-refractivity contribution in [3.8, 4) is 5.75 Å². The van der Waals surface area contributed by atoms with Crippen LogP contribution in [0, 0.1) is 5.82 Å². The maximum absolute atomic E-state index is 13.6. The van der Waals surface area contributed by atoms with Crippen LogP contribution in [0.4, 0.5) is 15.9 Å². The molecule has 0 aliphatic heterocycles. The van der Waals surface area contributed by atoms with Gasteiger partial charge in [0.1, 0.15) is 23.4 Å². The van der Waals surface area contributed by atoms with Gasteiger partial charge in [-0.3, -0.25) is 19.3 Å². The van der Waals surface area contributed by atoms with Crippen LogP contribution in [0.3, 0.4) is 0 Å². The van der Waals surface area contributed by atoms with Crippen LogP contribution in [0.5, 0.6) is 5.75 Å². The van der Waals surface area contributed by atoms with E-state index >= 15 is 0 Å². The average molecular weight is 479 g/mol. The lowest BCUT2D eigenvalue weighted by molar-refractivity contribution is -0.127. The van der Waals surface area contributed by atoms with Gasteiger partial charge in [-0.25, -0.2) is 9.37 Å². The van der Waals surface area contributed by atoms with Gasteiger partial charge in [0.25, 0.3) is 0 Å². The number of nitrogens with one attached hydrogen (secondary N) is 2. The number of aromatic hydroxyl groups is 1. The molecule has 0 fully saturated rings. The van der Waals surface area contributed by atoms with Crippen LogP contribution in [0.15, 0.2) is 72.9 Å². The molecule has 182 valence electrons. The summed E-state index contributed by atoms with van der Waals surface area (Å²) in [6.45, 7) is 3.58. The molecule has 2 aromatic carbocycles. The SMILES string of the molecule is CC(C)NC(=O)[C@@H](c1ccc(O)cc1)N(C(=O)CCC(=O)Nc1ccccn1)c1ccc(F)cc1. The number of hydrogen-bond acceptors (Lipinski definition) is 5. The van der Waals surface area contributed by atoms with Crippen molar-refractivity contribution in [3.63, 3.8) is 0 Å². The summed E-state index contributed by atoms with van der Waals surface area (Å²) in [6, 6.07) is 14.8. The van der Waals surface area contributed by atoms with Crippen molar-refractivity contribution in [3.05, 3.63) is 84.3 Å². The minimum absolute atomic E-state index is 0.00242. The van der Waals surface area contributed by atoms with E-state index in [1.54, 1.807) is 32.0 Å². The van der Waals surface area contributed by atoms with E-state index in [0.29, 0.717) is 17.1 Å². The third-order valence-corrected chi connectivity index (χ3v) is 5.02. The van der Waals surface area contributed by atoms with Crippen LogP contribution in [-0.2, 0) is 14.4 Å². The van der Waals surface area contributed by atoms with Crippen molar-refractivity contribution in [2.45, 2.75) is 38.8 Å². The van der Waals surface area contributed by atoms with Gasteiger partial charge in [0.2, 0.25) is 17.7 Å². The summed E-state index contributed by atoms with van der Waals surface area (Å²) in [7, 11) is 0. The summed E-state index contributed by atoms with van der Waals surface area (Å²) in [4.78, 5) is 44.4. The minimum Gasteiger partial charge on any atom is -0.508 e. The zero-order chi connectivity index (χ0) is 25.4. The van der Waals surface area contributed by atoms with Gasteiger partial charge < -0.3 is 15.7 Å². The van der Waals surface area contributed by atoms with Gasteiger partial charge in [0, 0.05) is 30.8 Å². The maximum atomic E-state index is 13.6. The number of phenols is 1. The monoisotopic (exact) mass is 478 g/mol. The number of benzene rings is 2. The number of nitrogens with zero attached hydrogens (tertiary/aromatic N) is 2. The van der Waals surface area contributed by atoms with E-state index in [4.69, 9.17) is 0 Å². The number of pyridine rings is 1. The second kappa shape index (κ2) is 11.7. The van der Waals surface area contributed by atoms with E-state index in [2.05, 4.69) is 15.6 Å². The van der Waals surface area contributed by atoms with Gasteiger partial charge >= 0.3 is 0 Å². The normalized spacial score (nSPS) is 11.5. The van der Waals surface area contributed by atoms with E-state index in [9.17, 15) is 23.9 Å². The highest BCUT2D eigenvalue weighted by molar-refractivity contribution is 6.03. The molecule has 8 nitrogen and oxygen atoms in total. The summed E-state index contributed by atoms with van der Waals surface area (Å²) in [5.41, 5.74) is 0.732. The average Bonchev–Trinajstić information content (AvgIpc) is 2.82. The smallest absolute Gasteiger partial charge is 0.248 e. The van der Waals surface area contributed by atoms with Crippen molar-refractivity contribution in [2.24, 2.45) is 0 Å². The highest BCUT2D eigenvalue weighted by Crippen LogP contribution is 2.30. The number of aromatic nitrogens is 1. The fourth-order valence-electron chi connectivity index (χ4n) is 3.46. The van der Waals surface area contributed by atoms with Gasteiger partial charge in [-0.2, -0.15) is 0 Å².